The maximum atomic E-state index is 14.3. The van der Waals surface area contributed by atoms with E-state index >= 15 is 0 Å². The van der Waals surface area contributed by atoms with Crippen LogP contribution in [-0.2, 0) is 4.79 Å². The molecule has 3 aromatic carbocycles. The predicted molar refractivity (Wildman–Crippen MR) is 134 cm³/mol. The number of carbonyl (C=O) groups excluding carboxylic acids is 2. The summed E-state index contributed by atoms with van der Waals surface area (Å²) >= 11 is 0. The van der Waals surface area contributed by atoms with E-state index in [1.807, 2.05) is 31.2 Å². The molecule has 35 heavy (non-hydrogen) atoms. The number of amides is 2. The fourth-order valence-corrected chi connectivity index (χ4v) is 4.11. The van der Waals surface area contributed by atoms with E-state index in [1.54, 1.807) is 13.1 Å². The molecule has 0 aliphatic rings. The van der Waals surface area contributed by atoms with Crippen molar-refractivity contribution in [2.75, 3.05) is 38.7 Å². The molecule has 0 radical (unpaired) electrons. The molecule has 9 heteroatoms. The Morgan fingerprint density at radius 1 is 1.00 bits per heavy atom. The van der Waals surface area contributed by atoms with Crippen molar-refractivity contribution in [2.45, 2.75) is 6.92 Å². The van der Waals surface area contributed by atoms with Crippen LogP contribution in [0.3, 0.4) is 0 Å². The van der Waals surface area contributed by atoms with Crippen LogP contribution in [0, 0.1) is 18.6 Å². The second kappa shape index (κ2) is 11.7. The maximum Gasteiger partial charge on any atom is 0.254 e. The van der Waals surface area contributed by atoms with Crippen molar-refractivity contribution in [3.63, 3.8) is 0 Å². The minimum absolute atomic E-state index is 0.168. The first kappa shape index (κ1) is 26.0. The van der Waals surface area contributed by atoms with E-state index in [4.69, 9.17) is 5.73 Å². The van der Waals surface area contributed by atoms with Crippen LogP contribution in [0.15, 0.2) is 66.7 Å². The third-order valence-corrected chi connectivity index (χ3v) is 5.66. The number of halogens is 2. The van der Waals surface area contributed by atoms with Crippen molar-refractivity contribution in [2.24, 2.45) is 5.73 Å². The molecule has 0 fully saturated rings. The van der Waals surface area contributed by atoms with Gasteiger partial charge in [-0.3, -0.25) is 14.9 Å². The molecule has 5 N–H and O–H groups in total. The van der Waals surface area contributed by atoms with Crippen LogP contribution < -0.4 is 26.2 Å². The van der Waals surface area contributed by atoms with Gasteiger partial charge in [0.2, 0.25) is 5.91 Å². The third-order valence-electron chi connectivity index (χ3n) is 5.66. The van der Waals surface area contributed by atoms with Gasteiger partial charge >= 0.3 is 0 Å². The molecule has 2 amide bonds. The number of anilines is 1. The first-order valence-electron chi connectivity index (χ1n) is 11.2. The highest BCUT2D eigenvalue weighted by Crippen LogP contribution is 2.39. The SMILES string of the molecule is CNC[N+](CCN)(c1cccc(C)c1)c1ccc(F)cc1NC(=O)CNC(=O)c1ccccc1F. The summed E-state index contributed by atoms with van der Waals surface area (Å²) in [6.45, 7) is 2.79. The normalized spacial score (nSPS) is 12.6. The van der Waals surface area contributed by atoms with Gasteiger partial charge in [0.1, 0.15) is 36.2 Å². The van der Waals surface area contributed by atoms with Crippen molar-refractivity contribution in [3.05, 3.63) is 89.5 Å². The maximum absolute atomic E-state index is 14.3. The van der Waals surface area contributed by atoms with Gasteiger partial charge in [-0.05, 0) is 43.8 Å². The summed E-state index contributed by atoms with van der Waals surface area (Å²) in [5, 5.41) is 8.29. The molecule has 0 saturated heterocycles. The van der Waals surface area contributed by atoms with Crippen molar-refractivity contribution in [1.82, 2.24) is 15.1 Å². The summed E-state index contributed by atoms with van der Waals surface area (Å²) in [7, 11) is 1.80. The van der Waals surface area contributed by atoms with Crippen LogP contribution in [0.5, 0.6) is 0 Å². The minimum atomic E-state index is -0.721. The number of hydrogen-bond acceptors (Lipinski definition) is 4. The summed E-state index contributed by atoms with van der Waals surface area (Å²) in [6.07, 6.45) is 0. The van der Waals surface area contributed by atoms with E-state index in [0.29, 0.717) is 25.4 Å². The van der Waals surface area contributed by atoms with Gasteiger partial charge in [-0.15, -0.1) is 0 Å². The lowest BCUT2D eigenvalue weighted by Gasteiger charge is -2.38. The van der Waals surface area contributed by atoms with Gasteiger partial charge in [0.25, 0.3) is 5.91 Å². The Balaban J connectivity index is 1.92. The molecular weight excluding hydrogens is 452 g/mol. The van der Waals surface area contributed by atoms with Crippen LogP contribution in [0.25, 0.3) is 0 Å². The summed E-state index contributed by atoms with van der Waals surface area (Å²) in [4.78, 5) is 25.0. The van der Waals surface area contributed by atoms with Crippen molar-refractivity contribution in [3.8, 4) is 0 Å². The number of nitrogens with two attached hydrogens (primary N) is 1. The molecule has 7 nitrogen and oxygen atoms in total. The molecular formula is C26H30F2N5O2+. The van der Waals surface area contributed by atoms with E-state index in [9.17, 15) is 18.4 Å². The third kappa shape index (κ3) is 6.07. The molecule has 3 aromatic rings. The fraction of sp³-hybridized carbons (Fsp3) is 0.231. The molecule has 1 unspecified atom stereocenters. The van der Waals surface area contributed by atoms with Crippen LogP contribution in [0.4, 0.5) is 25.8 Å². The number of hydrogen-bond donors (Lipinski definition) is 4. The molecule has 3 rings (SSSR count). The van der Waals surface area contributed by atoms with Gasteiger partial charge in [-0.2, -0.15) is 0 Å². The van der Waals surface area contributed by atoms with Gasteiger partial charge in [-0.1, -0.05) is 24.3 Å². The van der Waals surface area contributed by atoms with Gasteiger partial charge in [0, 0.05) is 24.7 Å². The van der Waals surface area contributed by atoms with E-state index < -0.39 is 30.0 Å². The average molecular weight is 483 g/mol. The Kier molecular flexibility index (Phi) is 8.64. The molecule has 0 bridgehead atoms. The van der Waals surface area contributed by atoms with Crippen LogP contribution in [0.2, 0.25) is 0 Å². The number of benzene rings is 3. The zero-order chi connectivity index (χ0) is 25.4. The Hall–Kier alpha value is -3.66. The molecule has 0 saturated carbocycles. The number of nitrogens with zero attached hydrogens (tertiary/aromatic N) is 1. The molecule has 0 spiro atoms. The van der Waals surface area contributed by atoms with Gasteiger partial charge in [0.15, 0.2) is 5.69 Å². The van der Waals surface area contributed by atoms with Crippen LogP contribution in [0.1, 0.15) is 15.9 Å². The standard InChI is InChI=1S/C26H29F2N5O2/c1-18-6-5-7-20(14-18)33(13-12-29,17-30-2)24-11-10-19(27)15-23(24)32-25(34)16-31-26(35)21-8-3-4-9-22(21)28/h3-11,14-15,30H,12-13,16-17,29H2,1-2H3,(H-,31,32,34,35)/p+1. The highest BCUT2D eigenvalue weighted by atomic mass is 19.1. The van der Waals surface area contributed by atoms with Crippen molar-refractivity contribution in [1.29, 1.82) is 0 Å². The largest absolute Gasteiger partial charge is 0.343 e. The minimum Gasteiger partial charge on any atom is -0.343 e. The monoisotopic (exact) mass is 482 g/mol. The van der Waals surface area contributed by atoms with E-state index in [2.05, 4.69) is 16.0 Å². The quantitative estimate of drug-likeness (QED) is 0.263. The Morgan fingerprint density at radius 3 is 2.46 bits per heavy atom. The van der Waals surface area contributed by atoms with Crippen molar-refractivity contribution < 1.29 is 18.4 Å². The molecule has 0 aliphatic carbocycles. The second-order valence-electron chi connectivity index (χ2n) is 8.20. The molecule has 0 aromatic heterocycles. The first-order valence-corrected chi connectivity index (χ1v) is 11.2. The summed E-state index contributed by atoms with van der Waals surface area (Å²) < 4.78 is 28.4. The highest BCUT2D eigenvalue weighted by molar-refractivity contribution is 6.00. The predicted octanol–water partition coefficient (Wildman–Crippen LogP) is 3.42. The lowest BCUT2D eigenvalue weighted by molar-refractivity contribution is -0.115. The number of quaternary nitrogens is 1. The highest BCUT2D eigenvalue weighted by Gasteiger charge is 2.35. The number of carbonyl (C=O) groups is 2. The lowest BCUT2D eigenvalue weighted by atomic mass is 10.1. The van der Waals surface area contributed by atoms with Gasteiger partial charge in [-0.25, -0.2) is 13.3 Å². The Morgan fingerprint density at radius 2 is 1.77 bits per heavy atom. The van der Waals surface area contributed by atoms with Gasteiger partial charge < -0.3 is 16.4 Å². The molecule has 0 aliphatic heterocycles. The smallest absolute Gasteiger partial charge is 0.254 e. The zero-order valence-electron chi connectivity index (χ0n) is 19.8. The Bertz CT molecular complexity index is 1200. The van der Waals surface area contributed by atoms with E-state index in [0.717, 1.165) is 17.3 Å². The van der Waals surface area contributed by atoms with E-state index in [-0.39, 0.29) is 15.7 Å². The Labute approximate surface area is 203 Å². The second-order valence-corrected chi connectivity index (χ2v) is 8.20. The summed E-state index contributed by atoms with van der Waals surface area (Å²) in [6, 6.07) is 17.6. The average Bonchev–Trinajstić information content (AvgIpc) is 2.83. The molecule has 0 heterocycles. The first-order chi connectivity index (χ1) is 16.8. The van der Waals surface area contributed by atoms with E-state index in [1.165, 1.54) is 30.3 Å². The molecule has 184 valence electrons. The zero-order valence-corrected chi connectivity index (χ0v) is 19.8. The molecule has 1 atom stereocenters. The van der Waals surface area contributed by atoms with Crippen LogP contribution >= 0.6 is 0 Å². The topological polar surface area (TPSA) is 96.2 Å². The van der Waals surface area contributed by atoms with Crippen molar-refractivity contribution >= 4 is 28.9 Å². The van der Waals surface area contributed by atoms with Crippen LogP contribution in [-0.4, -0.2) is 45.2 Å². The number of rotatable bonds is 10. The number of nitrogens with one attached hydrogen (secondary N) is 3. The summed E-state index contributed by atoms with van der Waals surface area (Å²) in [5.41, 5.74) is 8.68. The number of aryl methyl sites for hydroxylation is 1. The fourth-order valence-electron chi connectivity index (χ4n) is 4.11. The summed E-state index contributed by atoms with van der Waals surface area (Å²) in [5.74, 6) is -2.52. The van der Waals surface area contributed by atoms with Gasteiger partial charge in [0.05, 0.1) is 12.1 Å². The lowest BCUT2D eigenvalue weighted by Crippen LogP contribution is -2.52.